The van der Waals surface area contributed by atoms with E-state index in [2.05, 4.69) is 26.1 Å². The Morgan fingerprint density at radius 3 is 2.10 bits per heavy atom. The summed E-state index contributed by atoms with van der Waals surface area (Å²) in [6.45, 7) is 12.3. The van der Waals surface area contributed by atoms with Crippen LogP contribution in [0, 0.1) is 26.2 Å². The summed E-state index contributed by atoms with van der Waals surface area (Å²) < 4.78 is 0. The molecule has 20 heavy (non-hydrogen) atoms. The molecule has 3 nitrogen and oxygen atoms in total. The number of carbonyl (C=O) groups is 1. The van der Waals surface area contributed by atoms with E-state index >= 15 is 0 Å². The van der Waals surface area contributed by atoms with Gasteiger partial charge < -0.3 is 10.4 Å². The summed E-state index contributed by atoms with van der Waals surface area (Å²) in [5.41, 5.74) is 3.83. The molecule has 112 valence electrons. The minimum Gasteiger partial charge on any atom is -0.396 e. The van der Waals surface area contributed by atoms with Gasteiger partial charge in [-0.25, -0.2) is 0 Å². The van der Waals surface area contributed by atoms with Crippen LogP contribution >= 0.6 is 0 Å². The number of hydrogen-bond acceptors (Lipinski definition) is 2. The maximum atomic E-state index is 12.5. The Labute approximate surface area is 122 Å². The first-order chi connectivity index (χ1) is 9.16. The number of rotatable bonds is 4. The molecule has 0 aliphatic carbocycles. The first-order valence-electron chi connectivity index (χ1n) is 7.16. The molecule has 0 spiro atoms. The molecule has 0 aliphatic heterocycles. The van der Waals surface area contributed by atoms with E-state index in [0.29, 0.717) is 6.42 Å². The van der Waals surface area contributed by atoms with Crippen LogP contribution in [0.4, 0.5) is 0 Å². The summed E-state index contributed by atoms with van der Waals surface area (Å²) in [5.74, 6) is -0.0478. The van der Waals surface area contributed by atoms with Crippen LogP contribution in [0.2, 0.25) is 0 Å². The second-order valence-corrected chi connectivity index (χ2v) is 6.68. The van der Waals surface area contributed by atoms with Gasteiger partial charge in [0.2, 0.25) is 0 Å². The Kier molecular flexibility index (Phi) is 5.35. The minimum atomic E-state index is -0.0785. The molecule has 1 aromatic rings. The van der Waals surface area contributed by atoms with Crippen LogP contribution < -0.4 is 5.32 Å². The molecule has 0 radical (unpaired) electrons. The fourth-order valence-electron chi connectivity index (χ4n) is 2.62. The number of benzene rings is 1. The highest BCUT2D eigenvalue weighted by Gasteiger charge is 2.27. The van der Waals surface area contributed by atoms with Crippen molar-refractivity contribution in [3.8, 4) is 0 Å². The van der Waals surface area contributed by atoms with Gasteiger partial charge in [0.15, 0.2) is 0 Å². The SMILES string of the molecule is Cc1cc(C)c(C(=O)NC(CCO)C(C)(C)C)c(C)c1. The molecule has 1 aromatic carbocycles. The summed E-state index contributed by atoms with van der Waals surface area (Å²) in [6, 6.07) is 4.01. The van der Waals surface area contributed by atoms with Gasteiger partial charge in [-0.05, 0) is 43.7 Å². The molecule has 1 atom stereocenters. The van der Waals surface area contributed by atoms with Crippen LogP contribution in [0.25, 0.3) is 0 Å². The van der Waals surface area contributed by atoms with Crippen molar-refractivity contribution in [2.24, 2.45) is 5.41 Å². The highest BCUT2D eigenvalue weighted by atomic mass is 16.3. The maximum absolute atomic E-state index is 12.5. The molecule has 0 heterocycles. The molecule has 3 heteroatoms. The Balaban J connectivity index is 3.01. The molecule has 0 saturated carbocycles. The van der Waals surface area contributed by atoms with Crippen molar-refractivity contribution in [1.82, 2.24) is 5.32 Å². The van der Waals surface area contributed by atoms with Gasteiger partial charge in [-0.3, -0.25) is 4.79 Å². The fraction of sp³-hybridized carbons (Fsp3) is 0.588. The number of nitrogens with one attached hydrogen (secondary N) is 1. The zero-order valence-corrected chi connectivity index (χ0v) is 13.5. The van der Waals surface area contributed by atoms with Crippen LogP contribution in [0.1, 0.15) is 54.2 Å². The predicted molar refractivity (Wildman–Crippen MR) is 83.1 cm³/mol. The average Bonchev–Trinajstić information content (AvgIpc) is 2.25. The van der Waals surface area contributed by atoms with Crippen molar-refractivity contribution in [2.45, 2.75) is 54.0 Å². The van der Waals surface area contributed by atoms with Crippen molar-refractivity contribution in [2.75, 3.05) is 6.61 Å². The highest BCUT2D eigenvalue weighted by molar-refractivity contribution is 5.97. The van der Waals surface area contributed by atoms with Gasteiger partial charge in [-0.1, -0.05) is 38.5 Å². The summed E-state index contributed by atoms with van der Waals surface area (Å²) in [4.78, 5) is 12.5. The normalized spacial score (nSPS) is 13.2. The number of aryl methyl sites for hydroxylation is 3. The quantitative estimate of drug-likeness (QED) is 0.888. The van der Waals surface area contributed by atoms with E-state index in [4.69, 9.17) is 0 Å². The second-order valence-electron chi connectivity index (χ2n) is 6.68. The maximum Gasteiger partial charge on any atom is 0.252 e. The summed E-state index contributed by atoms with van der Waals surface area (Å²) in [6.07, 6.45) is 0.569. The summed E-state index contributed by atoms with van der Waals surface area (Å²) in [7, 11) is 0. The molecule has 1 unspecified atom stereocenters. The lowest BCUT2D eigenvalue weighted by atomic mass is 9.84. The van der Waals surface area contributed by atoms with Crippen LogP contribution in [0.15, 0.2) is 12.1 Å². The van der Waals surface area contributed by atoms with Gasteiger partial charge in [0.1, 0.15) is 0 Å². The van der Waals surface area contributed by atoms with Crippen molar-refractivity contribution in [3.05, 3.63) is 34.4 Å². The highest BCUT2D eigenvalue weighted by Crippen LogP contribution is 2.23. The third-order valence-electron chi connectivity index (χ3n) is 3.67. The third-order valence-corrected chi connectivity index (χ3v) is 3.67. The van der Waals surface area contributed by atoms with E-state index in [0.717, 1.165) is 16.7 Å². The molecule has 1 amide bonds. The smallest absolute Gasteiger partial charge is 0.252 e. The van der Waals surface area contributed by atoms with Crippen LogP contribution in [-0.4, -0.2) is 23.7 Å². The van der Waals surface area contributed by atoms with Crippen molar-refractivity contribution >= 4 is 5.91 Å². The molecule has 0 saturated heterocycles. The lowest BCUT2D eigenvalue weighted by molar-refractivity contribution is 0.0884. The van der Waals surface area contributed by atoms with E-state index in [-0.39, 0.29) is 24.0 Å². The van der Waals surface area contributed by atoms with E-state index < -0.39 is 0 Å². The molecular weight excluding hydrogens is 250 g/mol. The number of amides is 1. The van der Waals surface area contributed by atoms with Gasteiger partial charge >= 0.3 is 0 Å². The number of carbonyl (C=O) groups excluding carboxylic acids is 1. The van der Waals surface area contributed by atoms with Crippen molar-refractivity contribution in [3.63, 3.8) is 0 Å². The number of hydrogen-bond donors (Lipinski definition) is 2. The second kappa shape index (κ2) is 6.40. The average molecular weight is 277 g/mol. The van der Waals surface area contributed by atoms with Crippen molar-refractivity contribution < 1.29 is 9.90 Å². The lowest BCUT2D eigenvalue weighted by Crippen LogP contribution is -2.44. The molecule has 0 fully saturated rings. The summed E-state index contributed by atoms with van der Waals surface area (Å²) >= 11 is 0. The molecule has 0 aliphatic rings. The monoisotopic (exact) mass is 277 g/mol. The largest absolute Gasteiger partial charge is 0.396 e. The van der Waals surface area contributed by atoms with Gasteiger partial charge in [0.25, 0.3) is 5.91 Å². The van der Waals surface area contributed by atoms with Crippen molar-refractivity contribution in [1.29, 1.82) is 0 Å². The molecular formula is C17H27NO2. The van der Waals surface area contributed by atoms with Gasteiger partial charge in [-0.15, -0.1) is 0 Å². The van der Waals surface area contributed by atoms with Gasteiger partial charge in [-0.2, -0.15) is 0 Å². The molecule has 0 aromatic heterocycles. The van der Waals surface area contributed by atoms with E-state index in [1.54, 1.807) is 0 Å². The topological polar surface area (TPSA) is 49.3 Å². The Morgan fingerprint density at radius 2 is 1.70 bits per heavy atom. The van der Waals surface area contributed by atoms with Crippen LogP contribution in [-0.2, 0) is 0 Å². The molecule has 1 rings (SSSR count). The molecule has 0 bridgehead atoms. The predicted octanol–water partition coefficient (Wildman–Crippen LogP) is 3.14. The zero-order chi connectivity index (χ0) is 15.5. The Bertz CT molecular complexity index is 463. The van der Waals surface area contributed by atoms with Crippen LogP contribution in [0.5, 0.6) is 0 Å². The van der Waals surface area contributed by atoms with Gasteiger partial charge in [0, 0.05) is 18.2 Å². The van der Waals surface area contributed by atoms with E-state index in [9.17, 15) is 9.90 Å². The Hall–Kier alpha value is -1.35. The number of aliphatic hydroxyl groups excluding tert-OH is 1. The number of aliphatic hydroxyl groups is 1. The van der Waals surface area contributed by atoms with E-state index in [1.165, 1.54) is 5.56 Å². The molecule has 2 N–H and O–H groups in total. The fourth-order valence-corrected chi connectivity index (χ4v) is 2.62. The van der Waals surface area contributed by atoms with E-state index in [1.807, 2.05) is 32.9 Å². The minimum absolute atomic E-state index is 0.0416. The first-order valence-corrected chi connectivity index (χ1v) is 7.16. The first kappa shape index (κ1) is 16.7. The third kappa shape index (κ3) is 4.07. The zero-order valence-electron chi connectivity index (χ0n) is 13.5. The standard InChI is InChI=1S/C17H27NO2/c1-11-9-12(2)15(13(3)10-11)16(20)18-14(7-8-19)17(4,5)6/h9-10,14,19H,7-8H2,1-6H3,(H,18,20). The Morgan fingerprint density at radius 1 is 1.20 bits per heavy atom. The van der Waals surface area contributed by atoms with Gasteiger partial charge in [0.05, 0.1) is 0 Å². The van der Waals surface area contributed by atoms with Crippen LogP contribution in [0.3, 0.4) is 0 Å². The lowest BCUT2D eigenvalue weighted by Gasteiger charge is -2.31. The summed E-state index contributed by atoms with van der Waals surface area (Å²) in [5, 5.41) is 12.3.